The highest BCUT2D eigenvalue weighted by Gasteiger charge is 2.40. The molecule has 0 aromatic carbocycles. The monoisotopic (exact) mass is 268 g/mol. The Morgan fingerprint density at radius 2 is 1.84 bits per heavy atom. The van der Waals surface area contributed by atoms with Gasteiger partial charge in [0.25, 0.3) is 0 Å². The first kappa shape index (κ1) is 16.0. The average Bonchev–Trinajstić information content (AvgIpc) is 2.32. The normalized spacial score (nSPS) is 24.3. The molecule has 110 valence electrons. The van der Waals surface area contributed by atoms with Gasteiger partial charge in [-0.2, -0.15) is 0 Å². The fourth-order valence-corrected chi connectivity index (χ4v) is 2.46. The van der Waals surface area contributed by atoms with Gasteiger partial charge < -0.3 is 10.2 Å². The summed E-state index contributed by atoms with van der Waals surface area (Å²) in [5.41, 5.74) is 0. The number of hydrogen-bond donors (Lipinski definition) is 1. The van der Waals surface area contributed by atoms with Gasteiger partial charge in [0.2, 0.25) is 11.8 Å². The van der Waals surface area contributed by atoms with Gasteiger partial charge in [-0.05, 0) is 24.7 Å². The van der Waals surface area contributed by atoms with Crippen molar-refractivity contribution in [3.05, 3.63) is 0 Å². The molecule has 1 N–H and O–H groups in total. The predicted molar refractivity (Wildman–Crippen MR) is 76.6 cm³/mol. The van der Waals surface area contributed by atoms with Gasteiger partial charge >= 0.3 is 0 Å². The maximum atomic E-state index is 12.5. The van der Waals surface area contributed by atoms with Crippen LogP contribution in [0.25, 0.3) is 0 Å². The van der Waals surface area contributed by atoms with Crippen molar-refractivity contribution in [1.29, 1.82) is 0 Å². The molecule has 4 nitrogen and oxygen atoms in total. The Kier molecular flexibility index (Phi) is 5.83. The van der Waals surface area contributed by atoms with E-state index in [2.05, 4.69) is 19.2 Å². The number of carbonyl (C=O) groups is 2. The van der Waals surface area contributed by atoms with Gasteiger partial charge in [-0.15, -0.1) is 0 Å². The third-order valence-corrected chi connectivity index (χ3v) is 3.70. The highest BCUT2D eigenvalue weighted by atomic mass is 16.2. The van der Waals surface area contributed by atoms with Crippen LogP contribution < -0.4 is 5.32 Å². The molecule has 0 radical (unpaired) electrons. The maximum absolute atomic E-state index is 12.5. The third-order valence-electron chi connectivity index (χ3n) is 3.70. The molecule has 1 rings (SSSR count). The second-order valence-corrected chi connectivity index (χ2v) is 6.25. The molecule has 1 saturated heterocycles. The van der Waals surface area contributed by atoms with E-state index in [0.717, 1.165) is 19.3 Å². The summed E-state index contributed by atoms with van der Waals surface area (Å²) in [5, 5.41) is 2.89. The van der Waals surface area contributed by atoms with E-state index in [-0.39, 0.29) is 29.8 Å². The van der Waals surface area contributed by atoms with Crippen molar-refractivity contribution in [3.63, 3.8) is 0 Å². The van der Waals surface area contributed by atoms with Crippen LogP contribution in [0.3, 0.4) is 0 Å². The summed E-state index contributed by atoms with van der Waals surface area (Å²) >= 11 is 0. The first-order valence-electron chi connectivity index (χ1n) is 7.49. The van der Waals surface area contributed by atoms with E-state index in [4.69, 9.17) is 0 Å². The minimum Gasteiger partial charge on any atom is -0.342 e. The lowest BCUT2D eigenvalue weighted by Gasteiger charge is -2.40. The molecule has 4 heteroatoms. The van der Waals surface area contributed by atoms with Crippen LogP contribution in [0.4, 0.5) is 0 Å². The number of nitrogens with one attached hydrogen (secondary N) is 1. The molecule has 0 spiro atoms. The fraction of sp³-hybridized carbons (Fsp3) is 0.867. The Balaban J connectivity index is 2.86. The standard InChI is InChI=1S/C15H28N2O2/c1-6-7-12-14(18)16-13(11(4)5)15(19)17(12)9-8-10(2)3/h10-13H,6-9H2,1-5H3,(H,16,18). The highest BCUT2D eigenvalue weighted by Crippen LogP contribution is 2.20. The zero-order chi connectivity index (χ0) is 14.6. The van der Waals surface area contributed by atoms with Gasteiger partial charge in [-0.1, -0.05) is 41.0 Å². The van der Waals surface area contributed by atoms with Crippen LogP contribution in [0, 0.1) is 11.8 Å². The minimum atomic E-state index is -0.354. The van der Waals surface area contributed by atoms with Crippen LogP contribution in [0.5, 0.6) is 0 Å². The number of nitrogens with zero attached hydrogens (tertiary/aromatic N) is 1. The zero-order valence-electron chi connectivity index (χ0n) is 12.9. The summed E-state index contributed by atoms with van der Waals surface area (Å²) in [5.74, 6) is 0.788. The summed E-state index contributed by atoms with van der Waals surface area (Å²) in [7, 11) is 0. The molecule has 2 amide bonds. The molecule has 0 aliphatic carbocycles. The van der Waals surface area contributed by atoms with Crippen molar-refractivity contribution in [2.75, 3.05) is 6.54 Å². The van der Waals surface area contributed by atoms with Gasteiger partial charge in [0, 0.05) is 6.54 Å². The van der Waals surface area contributed by atoms with Crippen molar-refractivity contribution in [2.45, 2.75) is 66.0 Å². The smallest absolute Gasteiger partial charge is 0.246 e. The van der Waals surface area contributed by atoms with Crippen molar-refractivity contribution in [1.82, 2.24) is 10.2 Å². The number of hydrogen-bond acceptors (Lipinski definition) is 2. The van der Waals surface area contributed by atoms with Gasteiger partial charge in [0.05, 0.1) is 0 Å². The molecule has 1 fully saturated rings. The van der Waals surface area contributed by atoms with Crippen LogP contribution in [0.15, 0.2) is 0 Å². The molecule has 2 atom stereocenters. The molecule has 0 aromatic rings. The number of piperazine rings is 1. The van der Waals surface area contributed by atoms with Gasteiger partial charge in [0.1, 0.15) is 12.1 Å². The average molecular weight is 268 g/mol. The Morgan fingerprint density at radius 3 is 2.32 bits per heavy atom. The lowest BCUT2D eigenvalue weighted by molar-refractivity contribution is -0.151. The summed E-state index contributed by atoms with van der Waals surface area (Å²) in [6.07, 6.45) is 2.61. The summed E-state index contributed by atoms with van der Waals surface area (Å²) < 4.78 is 0. The molecule has 1 aliphatic rings. The second-order valence-electron chi connectivity index (χ2n) is 6.25. The molecule has 2 unspecified atom stereocenters. The molecular weight excluding hydrogens is 240 g/mol. The minimum absolute atomic E-state index is 0.0175. The van der Waals surface area contributed by atoms with Crippen molar-refractivity contribution >= 4 is 11.8 Å². The Bertz CT molecular complexity index is 326. The molecule has 0 saturated carbocycles. The molecule has 19 heavy (non-hydrogen) atoms. The largest absolute Gasteiger partial charge is 0.342 e. The van der Waals surface area contributed by atoms with Crippen LogP contribution in [-0.4, -0.2) is 35.3 Å². The van der Waals surface area contributed by atoms with E-state index in [9.17, 15) is 9.59 Å². The van der Waals surface area contributed by atoms with Gasteiger partial charge in [0.15, 0.2) is 0 Å². The lowest BCUT2D eigenvalue weighted by Crippen LogP contribution is -2.64. The van der Waals surface area contributed by atoms with Crippen molar-refractivity contribution in [2.24, 2.45) is 11.8 Å². The van der Waals surface area contributed by atoms with Crippen molar-refractivity contribution < 1.29 is 9.59 Å². The quantitative estimate of drug-likeness (QED) is 0.802. The van der Waals surface area contributed by atoms with Crippen LogP contribution in [0.2, 0.25) is 0 Å². The van der Waals surface area contributed by atoms with E-state index in [1.54, 1.807) is 0 Å². The van der Waals surface area contributed by atoms with Gasteiger partial charge in [-0.3, -0.25) is 9.59 Å². The lowest BCUT2D eigenvalue weighted by atomic mass is 9.95. The summed E-state index contributed by atoms with van der Waals surface area (Å²) in [4.78, 5) is 26.5. The third kappa shape index (κ3) is 3.95. The number of rotatable bonds is 6. The molecule has 1 aliphatic heterocycles. The van der Waals surface area contributed by atoms with Crippen LogP contribution in [-0.2, 0) is 9.59 Å². The Morgan fingerprint density at radius 1 is 1.21 bits per heavy atom. The Labute approximate surface area is 116 Å². The topological polar surface area (TPSA) is 49.4 Å². The second kappa shape index (κ2) is 6.92. The first-order valence-corrected chi connectivity index (χ1v) is 7.49. The maximum Gasteiger partial charge on any atom is 0.246 e. The summed E-state index contributed by atoms with van der Waals surface area (Å²) in [6, 6.07) is -0.626. The fourth-order valence-electron chi connectivity index (χ4n) is 2.46. The molecular formula is C15H28N2O2. The molecule has 0 bridgehead atoms. The highest BCUT2D eigenvalue weighted by molar-refractivity contribution is 5.97. The van der Waals surface area contributed by atoms with E-state index in [0.29, 0.717) is 12.5 Å². The van der Waals surface area contributed by atoms with Crippen LogP contribution >= 0.6 is 0 Å². The molecule has 1 heterocycles. The number of amides is 2. The summed E-state index contributed by atoms with van der Waals surface area (Å²) in [6.45, 7) is 11.0. The van der Waals surface area contributed by atoms with Crippen molar-refractivity contribution in [3.8, 4) is 0 Å². The van der Waals surface area contributed by atoms with Gasteiger partial charge in [-0.25, -0.2) is 0 Å². The predicted octanol–water partition coefficient (Wildman–Crippen LogP) is 2.18. The number of carbonyl (C=O) groups excluding carboxylic acids is 2. The van der Waals surface area contributed by atoms with E-state index < -0.39 is 0 Å². The van der Waals surface area contributed by atoms with E-state index in [1.807, 2.05) is 25.7 Å². The Hall–Kier alpha value is -1.06. The zero-order valence-corrected chi connectivity index (χ0v) is 12.9. The van der Waals surface area contributed by atoms with Crippen LogP contribution in [0.1, 0.15) is 53.9 Å². The SMILES string of the molecule is CCCC1C(=O)NC(C(C)C)C(=O)N1CCC(C)C. The van der Waals surface area contributed by atoms with E-state index in [1.165, 1.54) is 0 Å². The molecule has 0 aromatic heterocycles. The van der Waals surface area contributed by atoms with E-state index >= 15 is 0 Å². The first-order chi connectivity index (χ1) is 8.88.